The summed E-state index contributed by atoms with van der Waals surface area (Å²) in [6, 6.07) is 18.4. The second kappa shape index (κ2) is 10.5. The molecule has 1 atom stereocenters. The van der Waals surface area contributed by atoms with Crippen LogP contribution in [0, 0.1) is 5.82 Å². The molecule has 4 aromatic rings. The minimum Gasteiger partial charge on any atom is -0.497 e. The lowest BCUT2D eigenvalue weighted by atomic mass is 10.1. The van der Waals surface area contributed by atoms with Crippen molar-refractivity contribution in [2.45, 2.75) is 24.0 Å². The normalized spacial score (nSPS) is 12.3. The SMILES string of the molecule is COc1cccc(-c2nn(Cc3c(F)cccc3S(C)(=O)=O)c(=O)n(CC(N)c3ccccc3)c2=O)c1. The van der Waals surface area contributed by atoms with Crippen LogP contribution in [0.5, 0.6) is 5.75 Å². The van der Waals surface area contributed by atoms with Crippen molar-refractivity contribution in [3.63, 3.8) is 0 Å². The molecule has 0 saturated heterocycles. The van der Waals surface area contributed by atoms with Gasteiger partial charge in [-0.05, 0) is 29.8 Å². The second-order valence-electron chi connectivity index (χ2n) is 8.44. The molecule has 37 heavy (non-hydrogen) atoms. The highest BCUT2D eigenvalue weighted by Crippen LogP contribution is 2.22. The average molecular weight is 525 g/mol. The van der Waals surface area contributed by atoms with Gasteiger partial charge in [0.25, 0.3) is 5.56 Å². The Bertz CT molecular complexity index is 1670. The molecule has 0 saturated carbocycles. The number of halogens is 1. The summed E-state index contributed by atoms with van der Waals surface area (Å²) in [6.07, 6.45) is 0.947. The average Bonchev–Trinajstić information content (AvgIpc) is 2.88. The van der Waals surface area contributed by atoms with Gasteiger partial charge < -0.3 is 10.5 Å². The van der Waals surface area contributed by atoms with Crippen LogP contribution in [0.25, 0.3) is 11.3 Å². The van der Waals surface area contributed by atoms with Crippen molar-refractivity contribution in [3.8, 4) is 17.0 Å². The summed E-state index contributed by atoms with van der Waals surface area (Å²) in [6.45, 7) is -0.705. The highest BCUT2D eigenvalue weighted by atomic mass is 32.2. The van der Waals surface area contributed by atoms with Gasteiger partial charge in [0.1, 0.15) is 11.6 Å². The highest BCUT2D eigenvalue weighted by molar-refractivity contribution is 7.90. The highest BCUT2D eigenvalue weighted by Gasteiger charge is 2.22. The van der Waals surface area contributed by atoms with Crippen LogP contribution in [0.15, 0.2) is 87.3 Å². The van der Waals surface area contributed by atoms with Crippen molar-refractivity contribution in [2.75, 3.05) is 13.4 Å². The zero-order valence-electron chi connectivity index (χ0n) is 20.2. The Kier molecular flexibility index (Phi) is 7.37. The fourth-order valence-electron chi connectivity index (χ4n) is 3.97. The number of nitrogens with two attached hydrogens (primary N) is 1. The van der Waals surface area contributed by atoms with Crippen LogP contribution in [0.4, 0.5) is 4.39 Å². The molecule has 0 radical (unpaired) electrons. The van der Waals surface area contributed by atoms with E-state index in [1.54, 1.807) is 48.5 Å². The van der Waals surface area contributed by atoms with Gasteiger partial charge in [0, 0.05) is 23.4 Å². The van der Waals surface area contributed by atoms with Gasteiger partial charge in [-0.25, -0.2) is 22.3 Å². The molecular formula is C26H25FN4O5S. The van der Waals surface area contributed by atoms with Crippen LogP contribution in [0.1, 0.15) is 17.2 Å². The smallest absolute Gasteiger partial charge is 0.347 e. The van der Waals surface area contributed by atoms with Gasteiger partial charge in [-0.15, -0.1) is 0 Å². The number of aromatic nitrogens is 3. The Morgan fingerprint density at radius 1 is 1.03 bits per heavy atom. The standard InChI is InChI=1S/C26H25FN4O5S/c1-36-19-11-6-10-18(14-19)24-25(32)30(16-22(28)17-8-4-3-5-9-17)26(33)31(29-24)15-20-21(27)12-7-13-23(20)37(2,34)35/h3-14,22H,15-16,28H2,1-2H3. The van der Waals surface area contributed by atoms with E-state index in [1.165, 1.54) is 19.2 Å². The first-order valence-electron chi connectivity index (χ1n) is 11.2. The van der Waals surface area contributed by atoms with Gasteiger partial charge in [-0.3, -0.25) is 9.36 Å². The molecule has 1 heterocycles. The largest absolute Gasteiger partial charge is 0.497 e. The lowest BCUT2D eigenvalue weighted by Crippen LogP contribution is -2.44. The van der Waals surface area contributed by atoms with Crippen molar-refractivity contribution in [3.05, 3.63) is 111 Å². The van der Waals surface area contributed by atoms with Gasteiger partial charge >= 0.3 is 5.69 Å². The van der Waals surface area contributed by atoms with E-state index in [1.807, 2.05) is 6.07 Å². The minimum atomic E-state index is -3.82. The molecule has 0 aliphatic heterocycles. The Morgan fingerprint density at radius 2 is 1.73 bits per heavy atom. The van der Waals surface area contributed by atoms with E-state index in [4.69, 9.17) is 10.5 Å². The maximum absolute atomic E-state index is 14.8. The van der Waals surface area contributed by atoms with Crippen LogP contribution < -0.4 is 21.7 Å². The van der Waals surface area contributed by atoms with Crippen LogP contribution in [0.2, 0.25) is 0 Å². The van der Waals surface area contributed by atoms with Crippen molar-refractivity contribution < 1.29 is 17.5 Å². The van der Waals surface area contributed by atoms with E-state index in [0.717, 1.165) is 21.6 Å². The first-order valence-corrected chi connectivity index (χ1v) is 13.1. The predicted molar refractivity (Wildman–Crippen MR) is 137 cm³/mol. The monoisotopic (exact) mass is 524 g/mol. The van der Waals surface area contributed by atoms with E-state index in [0.29, 0.717) is 16.9 Å². The number of sulfone groups is 1. The lowest BCUT2D eigenvalue weighted by Gasteiger charge is -2.17. The molecule has 4 rings (SSSR count). The number of methoxy groups -OCH3 is 1. The number of rotatable bonds is 8. The summed E-state index contributed by atoms with van der Waals surface area (Å²) in [5.74, 6) is -0.365. The van der Waals surface area contributed by atoms with Gasteiger partial charge in [0.05, 0.1) is 25.1 Å². The van der Waals surface area contributed by atoms with Crippen molar-refractivity contribution in [1.29, 1.82) is 0 Å². The molecular weight excluding hydrogens is 499 g/mol. The molecule has 2 N–H and O–H groups in total. The fraction of sp³-hybridized carbons (Fsp3) is 0.192. The van der Waals surface area contributed by atoms with Gasteiger partial charge in [-0.1, -0.05) is 48.5 Å². The predicted octanol–water partition coefficient (Wildman–Crippen LogP) is 2.37. The van der Waals surface area contributed by atoms with Gasteiger partial charge in [0.15, 0.2) is 15.5 Å². The Labute approximate surface area is 212 Å². The summed E-state index contributed by atoms with van der Waals surface area (Å²) < 4.78 is 46.5. The molecule has 11 heteroatoms. The summed E-state index contributed by atoms with van der Waals surface area (Å²) in [5.41, 5.74) is 5.49. The molecule has 0 bridgehead atoms. The fourth-order valence-corrected chi connectivity index (χ4v) is 4.90. The molecule has 0 spiro atoms. The molecule has 192 valence electrons. The van der Waals surface area contributed by atoms with E-state index in [9.17, 15) is 22.4 Å². The van der Waals surface area contributed by atoms with Crippen LogP contribution in [-0.4, -0.2) is 36.1 Å². The molecule has 1 unspecified atom stereocenters. The summed E-state index contributed by atoms with van der Waals surface area (Å²) >= 11 is 0. The van der Waals surface area contributed by atoms with E-state index in [-0.39, 0.29) is 22.7 Å². The third-order valence-electron chi connectivity index (χ3n) is 5.85. The lowest BCUT2D eigenvalue weighted by molar-refractivity contribution is 0.415. The molecule has 0 aliphatic rings. The third-order valence-corrected chi connectivity index (χ3v) is 7.03. The van der Waals surface area contributed by atoms with Crippen LogP contribution in [0.3, 0.4) is 0 Å². The van der Waals surface area contributed by atoms with E-state index >= 15 is 0 Å². The topological polar surface area (TPSA) is 126 Å². The van der Waals surface area contributed by atoms with Crippen LogP contribution in [-0.2, 0) is 22.9 Å². The number of hydrogen-bond donors (Lipinski definition) is 1. The van der Waals surface area contributed by atoms with Gasteiger partial charge in [-0.2, -0.15) is 5.10 Å². The maximum Gasteiger partial charge on any atom is 0.347 e. The van der Waals surface area contributed by atoms with Crippen LogP contribution >= 0.6 is 0 Å². The summed E-state index contributed by atoms with van der Waals surface area (Å²) in [4.78, 5) is 26.7. The molecule has 0 aliphatic carbocycles. The zero-order chi connectivity index (χ0) is 26.7. The Morgan fingerprint density at radius 3 is 2.41 bits per heavy atom. The third kappa shape index (κ3) is 5.52. The van der Waals surface area contributed by atoms with E-state index in [2.05, 4.69) is 5.10 Å². The summed E-state index contributed by atoms with van der Waals surface area (Å²) in [5, 5.41) is 4.23. The van der Waals surface area contributed by atoms with Crippen molar-refractivity contribution >= 4 is 9.84 Å². The van der Waals surface area contributed by atoms with E-state index < -0.39 is 39.5 Å². The number of benzene rings is 3. The molecule has 1 aromatic heterocycles. The first-order chi connectivity index (χ1) is 17.6. The molecule has 9 nitrogen and oxygen atoms in total. The first kappa shape index (κ1) is 26.0. The van der Waals surface area contributed by atoms with Crippen molar-refractivity contribution in [2.24, 2.45) is 5.73 Å². The number of nitrogens with zero attached hydrogens (tertiary/aromatic N) is 3. The Hall–Kier alpha value is -4.09. The van der Waals surface area contributed by atoms with Gasteiger partial charge in [0.2, 0.25) is 0 Å². The molecule has 0 amide bonds. The Balaban J connectivity index is 1.92. The second-order valence-corrected chi connectivity index (χ2v) is 10.4. The number of ether oxygens (including phenoxy) is 1. The molecule has 3 aromatic carbocycles. The number of hydrogen-bond acceptors (Lipinski definition) is 7. The van der Waals surface area contributed by atoms with Crippen molar-refractivity contribution in [1.82, 2.24) is 14.3 Å². The summed E-state index contributed by atoms with van der Waals surface area (Å²) in [7, 11) is -2.35. The minimum absolute atomic E-state index is 0.101. The quantitative estimate of drug-likeness (QED) is 0.375. The zero-order valence-corrected chi connectivity index (χ0v) is 21.0. The molecule has 0 fully saturated rings. The maximum atomic E-state index is 14.8.